The van der Waals surface area contributed by atoms with Crippen LogP contribution < -0.4 is 10.1 Å². The summed E-state index contributed by atoms with van der Waals surface area (Å²) in [6.07, 6.45) is 0.455. The molecule has 2 aromatic rings. The molecule has 0 saturated heterocycles. The van der Waals surface area contributed by atoms with Crippen molar-refractivity contribution in [3.8, 4) is 5.75 Å². The van der Waals surface area contributed by atoms with Crippen LogP contribution in [0, 0.1) is 11.7 Å². The van der Waals surface area contributed by atoms with Crippen molar-refractivity contribution in [3.05, 3.63) is 65.5 Å². The van der Waals surface area contributed by atoms with Gasteiger partial charge in [-0.25, -0.2) is 4.39 Å². The molecule has 0 bridgehead atoms. The maximum atomic E-state index is 13.4. The van der Waals surface area contributed by atoms with E-state index in [-0.39, 0.29) is 36.2 Å². The summed E-state index contributed by atoms with van der Waals surface area (Å²) in [5.74, 6) is 0.0462. The molecule has 33 heavy (non-hydrogen) atoms. The Morgan fingerprint density at radius 1 is 1.03 bits per heavy atom. The first kappa shape index (κ1) is 26.4. The lowest BCUT2D eigenvalue weighted by Gasteiger charge is -2.31. The third kappa shape index (κ3) is 8.19. The molecule has 2 aromatic carbocycles. The monoisotopic (exact) mass is 456 g/mol. The molecule has 180 valence electrons. The molecule has 6 heteroatoms. The van der Waals surface area contributed by atoms with Gasteiger partial charge in [0.15, 0.2) is 6.61 Å². The van der Waals surface area contributed by atoms with Crippen LogP contribution in [0.25, 0.3) is 0 Å². The molecule has 1 atom stereocenters. The number of rotatable bonds is 10. The highest BCUT2D eigenvalue weighted by Gasteiger charge is 2.29. The van der Waals surface area contributed by atoms with Crippen LogP contribution in [0.3, 0.4) is 0 Å². The van der Waals surface area contributed by atoms with E-state index >= 15 is 0 Å². The van der Waals surface area contributed by atoms with Crippen molar-refractivity contribution < 1.29 is 18.7 Å². The lowest BCUT2D eigenvalue weighted by atomic mass is 9.87. The van der Waals surface area contributed by atoms with Gasteiger partial charge in [0.1, 0.15) is 17.6 Å². The van der Waals surface area contributed by atoms with Crippen LogP contribution in [0.1, 0.15) is 59.1 Å². The molecule has 0 aliphatic heterocycles. The minimum absolute atomic E-state index is 0.0258. The minimum Gasteiger partial charge on any atom is -0.484 e. The molecule has 0 aliphatic carbocycles. The second-order valence-electron chi connectivity index (χ2n) is 9.77. The van der Waals surface area contributed by atoms with Gasteiger partial charge in [0.2, 0.25) is 5.91 Å². The number of carbonyl (C=O) groups is 2. The highest BCUT2D eigenvalue weighted by atomic mass is 19.1. The Labute approximate surface area is 197 Å². The number of hydrogen-bond acceptors (Lipinski definition) is 3. The van der Waals surface area contributed by atoms with Gasteiger partial charge in [-0.1, -0.05) is 65.8 Å². The summed E-state index contributed by atoms with van der Waals surface area (Å²) in [6.45, 7) is 12.8. The van der Waals surface area contributed by atoms with Gasteiger partial charge in [0.25, 0.3) is 5.91 Å². The molecule has 0 radical (unpaired) electrons. The maximum Gasteiger partial charge on any atom is 0.261 e. The number of benzene rings is 2. The van der Waals surface area contributed by atoms with Gasteiger partial charge in [-0.15, -0.1) is 0 Å². The van der Waals surface area contributed by atoms with Crippen molar-refractivity contribution in [1.82, 2.24) is 10.2 Å². The van der Waals surface area contributed by atoms with Crippen LogP contribution in [-0.2, 0) is 21.5 Å². The molecule has 0 aliphatic rings. The van der Waals surface area contributed by atoms with Crippen molar-refractivity contribution in [2.45, 2.75) is 66.0 Å². The Balaban J connectivity index is 2.17. The van der Waals surface area contributed by atoms with Crippen LogP contribution in [0.2, 0.25) is 0 Å². The Kier molecular flexibility index (Phi) is 9.44. The summed E-state index contributed by atoms with van der Waals surface area (Å²) in [7, 11) is 0. The molecule has 0 fully saturated rings. The maximum absolute atomic E-state index is 13.4. The number of halogens is 1. The molecule has 2 amide bonds. The van der Waals surface area contributed by atoms with E-state index in [9.17, 15) is 14.0 Å². The van der Waals surface area contributed by atoms with Gasteiger partial charge < -0.3 is 15.0 Å². The summed E-state index contributed by atoms with van der Waals surface area (Å²) >= 11 is 0. The van der Waals surface area contributed by atoms with Crippen molar-refractivity contribution in [2.24, 2.45) is 5.92 Å². The van der Waals surface area contributed by atoms with Gasteiger partial charge in [0, 0.05) is 13.1 Å². The molecule has 1 N–H and O–H groups in total. The predicted octanol–water partition coefficient (Wildman–Crippen LogP) is 5.08. The minimum atomic E-state index is -0.645. The SMILES string of the molecule is CC[C@H](C(=O)NCC(C)C)N(Cc1ccc(F)cc1)C(=O)COc1ccc(C(C)(C)C)cc1. The summed E-state index contributed by atoms with van der Waals surface area (Å²) in [4.78, 5) is 27.6. The predicted molar refractivity (Wildman–Crippen MR) is 130 cm³/mol. The van der Waals surface area contributed by atoms with Crippen molar-refractivity contribution in [3.63, 3.8) is 0 Å². The zero-order valence-electron chi connectivity index (χ0n) is 20.7. The van der Waals surface area contributed by atoms with E-state index < -0.39 is 6.04 Å². The van der Waals surface area contributed by atoms with Gasteiger partial charge in [-0.3, -0.25) is 9.59 Å². The Hall–Kier alpha value is -2.89. The van der Waals surface area contributed by atoms with Crippen LogP contribution in [0.5, 0.6) is 5.75 Å². The van der Waals surface area contributed by atoms with E-state index in [0.29, 0.717) is 24.6 Å². The molecular weight excluding hydrogens is 419 g/mol. The highest BCUT2D eigenvalue weighted by Crippen LogP contribution is 2.24. The lowest BCUT2D eigenvalue weighted by molar-refractivity contribution is -0.143. The van der Waals surface area contributed by atoms with Crippen molar-refractivity contribution >= 4 is 11.8 Å². The summed E-state index contributed by atoms with van der Waals surface area (Å²) in [5.41, 5.74) is 1.94. The van der Waals surface area contributed by atoms with Crippen molar-refractivity contribution in [2.75, 3.05) is 13.2 Å². The third-order valence-electron chi connectivity index (χ3n) is 5.42. The van der Waals surface area contributed by atoms with Crippen molar-refractivity contribution in [1.29, 1.82) is 0 Å². The Bertz CT molecular complexity index is 902. The normalized spacial score (nSPS) is 12.4. The fourth-order valence-electron chi connectivity index (χ4n) is 3.41. The van der Waals surface area contributed by atoms with Gasteiger partial charge in [-0.2, -0.15) is 0 Å². The zero-order valence-corrected chi connectivity index (χ0v) is 20.7. The second-order valence-corrected chi connectivity index (χ2v) is 9.77. The summed E-state index contributed by atoms with van der Waals surface area (Å²) in [6, 6.07) is 13.0. The van der Waals surface area contributed by atoms with Crippen LogP contribution >= 0.6 is 0 Å². The standard InChI is InChI=1S/C27H37FN2O3/c1-7-24(26(32)29-16-19(2)3)30(17-20-8-12-22(28)13-9-20)25(31)18-33-23-14-10-21(11-15-23)27(4,5)6/h8-15,19,24H,7,16-18H2,1-6H3,(H,29,32)/t24-/m1/s1. The van der Waals surface area contributed by atoms with E-state index in [1.807, 2.05) is 45.0 Å². The number of hydrogen-bond donors (Lipinski definition) is 1. The first-order valence-electron chi connectivity index (χ1n) is 11.6. The molecular formula is C27H37FN2O3. The van der Waals surface area contributed by atoms with E-state index in [2.05, 4.69) is 26.1 Å². The largest absolute Gasteiger partial charge is 0.484 e. The third-order valence-corrected chi connectivity index (χ3v) is 5.42. The first-order valence-corrected chi connectivity index (χ1v) is 11.6. The van der Waals surface area contributed by atoms with E-state index in [4.69, 9.17) is 4.74 Å². The quantitative estimate of drug-likeness (QED) is 0.542. The molecule has 2 rings (SSSR count). The van der Waals surface area contributed by atoms with Crippen LogP contribution in [-0.4, -0.2) is 35.9 Å². The van der Waals surface area contributed by atoms with Crippen LogP contribution in [0.15, 0.2) is 48.5 Å². The summed E-state index contributed by atoms with van der Waals surface area (Å²) in [5, 5.41) is 2.92. The highest BCUT2D eigenvalue weighted by molar-refractivity contribution is 5.88. The molecule has 0 aromatic heterocycles. The van der Waals surface area contributed by atoms with Gasteiger partial charge in [-0.05, 0) is 53.1 Å². The average Bonchev–Trinajstić information content (AvgIpc) is 2.76. The van der Waals surface area contributed by atoms with Gasteiger partial charge in [0.05, 0.1) is 0 Å². The number of nitrogens with one attached hydrogen (secondary N) is 1. The number of nitrogens with zero attached hydrogens (tertiary/aromatic N) is 1. The average molecular weight is 457 g/mol. The number of carbonyl (C=O) groups excluding carboxylic acids is 2. The van der Waals surface area contributed by atoms with Gasteiger partial charge >= 0.3 is 0 Å². The van der Waals surface area contributed by atoms with E-state index in [1.54, 1.807) is 12.1 Å². The fourth-order valence-corrected chi connectivity index (χ4v) is 3.41. The first-order chi connectivity index (χ1) is 15.5. The molecule has 0 unspecified atom stereocenters. The van der Waals surface area contributed by atoms with E-state index in [1.165, 1.54) is 22.6 Å². The molecule has 0 saturated carbocycles. The zero-order chi connectivity index (χ0) is 24.6. The molecule has 5 nitrogen and oxygen atoms in total. The number of ether oxygens (including phenoxy) is 1. The molecule has 0 heterocycles. The summed E-state index contributed by atoms with van der Waals surface area (Å²) < 4.78 is 19.1. The lowest BCUT2D eigenvalue weighted by Crippen LogP contribution is -2.50. The van der Waals surface area contributed by atoms with Crippen LogP contribution in [0.4, 0.5) is 4.39 Å². The second kappa shape index (κ2) is 11.8. The fraction of sp³-hybridized carbons (Fsp3) is 0.481. The number of amides is 2. The van der Waals surface area contributed by atoms with E-state index in [0.717, 1.165) is 5.56 Å². The smallest absolute Gasteiger partial charge is 0.261 e. The Morgan fingerprint density at radius 2 is 1.64 bits per heavy atom. The Morgan fingerprint density at radius 3 is 2.15 bits per heavy atom. The topological polar surface area (TPSA) is 58.6 Å². The molecule has 0 spiro atoms.